The molecule has 4 rings (SSSR count). The standard InChI is InChI=1S/C18H13N3/c1-2-6-13(7-3-1)12-19-21-18-15-10-4-8-14-9-5-11-16(20-18)17(14)15/h1-12H,(H,20,21)/b19-12-. The zero-order chi connectivity index (χ0) is 14.1. The molecule has 1 heterocycles. The van der Waals surface area contributed by atoms with Crippen LogP contribution in [0.15, 0.2) is 76.8 Å². The highest BCUT2D eigenvalue weighted by atomic mass is 15.3. The van der Waals surface area contributed by atoms with Gasteiger partial charge in [-0.05, 0) is 17.0 Å². The molecular formula is C18H13N3. The van der Waals surface area contributed by atoms with Gasteiger partial charge >= 0.3 is 0 Å². The fraction of sp³-hybridized carbons (Fsp3) is 0. The average Bonchev–Trinajstić information content (AvgIpc) is 2.89. The van der Waals surface area contributed by atoms with E-state index >= 15 is 0 Å². The first-order chi connectivity index (χ1) is 10.4. The van der Waals surface area contributed by atoms with Gasteiger partial charge in [0.25, 0.3) is 0 Å². The van der Waals surface area contributed by atoms with Gasteiger partial charge in [0.1, 0.15) is 0 Å². The molecule has 0 fully saturated rings. The summed E-state index contributed by atoms with van der Waals surface area (Å²) >= 11 is 0. The number of nitrogens with zero attached hydrogens (tertiary/aromatic N) is 2. The second kappa shape index (κ2) is 4.87. The zero-order valence-electron chi connectivity index (χ0n) is 11.3. The van der Waals surface area contributed by atoms with E-state index in [0.29, 0.717) is 0 Å². The summed E-state index contributed by atoms with van der Waals surface area (Å²) in [5, 5.41) is 6.69. The number of hydrazone groups is 1. The van der Waals surface area contributed by atoms with Crippen molar-refractivity contribution in [3.8, 4) is 0 Å². The third-order valence-corrected chi connectivity index (χ3v) is 3.55. The molecule has 21 heavy (non-hydrogen) atoms. The van der Waals surface area contributed by atoms with Crippen molar-refractivity contribution in [3.05, 3.63) is 77.9 Å². The van der Waals surface area contributed by atoms with Crippen LogP contribution in [0.3, 0.4) is 0 Å². The van der Waals surface area contributed by atoms with Crippen LogP contribution in [0, 0.1) is 0 Å². The van der Waals surface area contributed by atoms with Crippen molar-refractivity contribution in [2.75, 3.05) is 0 Å². The lowest BCUT2D eigenvalue weighted by Gasteiger charge is -2.02. The molecule has 0 saturated carbocycles. The molecule has 0 bridgehead atoms. The van der Waals surface area contributed by atoms with Crippen LogP contribution in [0.4, 0.5) is 5.69 Å². The van der Waals surface area contributed by atoms with Gasteiger partial charge in [0.05, 0.1) is 11.9 Å². The van der Waals surface area contributed by atoms with Crippen molar-refractivity contribution in [1.82, 2.24) is 5.43 Å². The Hall–Kier alpha value is -2.94. The van der Waals surface area contributed by atoms with Crippen LogP contribution in [0.2, 0.25) is 0 Å². The van der Waals surface area contributed by atoms with Gasteiger partial charge in [-0.2, -0.15) is 5.10 Å². The summed E-state index contributed by atoms with van der Waals surface area (Å²) in [4.78, 5) is 4.62. The molecule has 0 aromatic heterocycles. The number of benzene rings is 3. The molecule has 100 valence electrons. The third kappa shape index (κ3) is 2.09. The number of nitrogens with one attached hydrogen (secondary N) is 1. The molecule has 0 unspecified atom stereocenters. The molecule has 3 heteroatoms. The Kier molecular flexibility index (Phi) is 2.75. The number of aliphatic imine (C=N–C) groups is 1. The molecule has 0 radical (unpaired) electrons. The van der Waals surface area contributed by atoms with E-state index in [1.165, 1.54) is 10.8 Å². The van der Waals surface area contributed by atoms with Crippen LogP contribution in [0.5, 0.6) is 0 Å². The smallest absolute Gasteiger partial charge is 0.154 e. The van der Waals surface area contributed by atoms with Crippen molar-refractivity contribution >= 4 is 28.5 Å². The number of hydrogen-bond donors (Lipinski definition) is 1. The molecule has 0 amide bonds. The van der Waals surface area contributed by atoms with E-state index in [4.69, 9.17) is 0 Å². The third-order valence-electron chi connectivity index (χ3n) is 3.55. The van der Waals surface area contributed by atoms with Gasteiger partial charge in [0, 0.05) is 10.9 Å². The maximum Gasteiger partial charge on any atom is 0.154 e. The predicted molar refractivity (Wildman–Crippen MR) is 87.3 cm³/mol. The molecule has 1 aliphatic heterocycles. The number of rotatable bonds is 2. The largest absolute Gasteiger partial charge is 0.261 e. The van der Waals surface area contributed by atoms with Crippen LogP contribution < -0.4 is 5.43 Å². The van der Waals surface area contributed by atoms with Crippen molar-refractivity contribution in [2.45, 2.75) is 0 Å². The highest BCUT2D eigenvalue weighted by Gasteiger charge is 2.17. The number of hydrogen-bond acceptors (Lipinski definition) is 3. The quantitative estimate of drug-likeness (QED) is 0.557. The number of amidine groups is 1. The normalized spacial score (nSPS) is 12.9. The fourth-order valence-corrected chi connectivity index (χ4v) is 2.58. The summed E-state index contributed by atoms with van der Waals surface area (Å²) in [7, 11) is 0. The Labute approximate surface area is 122 Å². The van der Waals surface area contributed by atoms with Gasteiger partial charge in [0.15, 0.2) is 5.84 Å². The van der Waals surface area contributed by atoms with Gasteiger partial charge in [-0.25, -0.2) is 4.99 Å². The lowest BCUT2D eigenvalue weighted by molar-refractivity contribution is 1.04. The minimum atomic E-state index is 0.800. The van der Waals surface area contributed by atoms with E-state index in [1.54, 1.807) is 6.21 Å². The second-order valence-electron chi connectivity index (χ2n) is 4.92. The Morgan fingerprint density at radius 1 is 0.857 bits per heavy atom. The van der Waals surface area contributed by atoms with Crippen LogP contribution in [0.1, 0.15) is 11.1 Å². The topological polar surface area (TPSA) is 36.8 Å². The van der Waals surface area contributed by atoms with Gasteiger partial charge < -0.3 is 0 Å². The fourth-order valence-electron chi connectivity index (χ4n) is 2.58. The maximum absolute atomic E-state index is 4.62. The molecule has 1 N–H and O–H groups in total. The Morgan fingerprint density at radius 2 is 1.67 bits per heavy atom. The highest BCUT2D eigenvalue weighted by molar-refractivity contribution is 6.18. The van der Waals surface area contributed by atoms with Gasteiger partial charge in [-0.1, -0.05) is 60.7 Å². The molecule has 0 atom stereocenters. The molecule has 3 aromatic carbocycles. The lowest BCUT2D eigenvalue weighted by atomic mass is 10.0. The minimum Gasteiger partial charge on any atom is -0.261 e. The summed E-state index contributed by atoms with van der Waals surface area (Å²) in [6, 6.07) is 22.4. The van der Waals surface area contributed by atoms with Crippen molar-refractivity contribution in [1.29, 1.82) is 0 Å². The predicted octanol–water partition coefficient (Wildman–Crippen LogP) is 3.86. The Morgan fingerprint density at radius 3 is 2.52 bits per heavy atom. The van der Waals surface area contributed by atoms with E-state index in [9.17, 15) is 0 Å². The Bertz CT molecular complexity index is 859. The van der Waals surface area contributed by atoms with Gasteiger partial charge in [0.2, 0.25) is 0 Å². The summed E-state index contributed by atoms with van der Waals surface area (Å²) in [6.07, 6.45) is 1.80. The SMILES string of the molecule is C(=N/NC1=Nc2cccc3cccc1c23)/c1ccccc1. The van der Waals surface area contributed by atoms with Gasteiger partial charge in [-0.3, -0.25) is 5.43 Å². The van der Waals surface area contributed by atoms with E-state index < -0.39 is 0 Å². The summed E-state index contributed by atoms with van der Waals surface area (Å²) in [5.74, 6) is 0.800. The van der Waals surface area contributed by atoms with E-state index in [0.717, 1.165) is 22.6 Å². The van der Waals surface area contributed by atoms with E-state index in [-0.39, 0.29) is 0 Å². The Balaban J connectivity index is 1.64. The first kappa shape index (κ1) is 11.9. The molecule has 3 aromatic rings. The lowest BCUT2D eigenvalue weighted by Crippen LogP contribution is -2.17. The maximum atomic E-state index is 4.62. The van der Waals surface area contributed by atoms with Crippen molar-refractivity contribution < 1.29 is 0 Å². The van der Waals surface area contributed by atoms with Crippen molar-refractivity contribution in [2.24, 2.45) is 10.1 Å². The van der Waals surface area contributed by atoms with Crippen LogP contribution >= 0.6 is 0 Å². The second-order valence-corrected chi connectivity index (χ2v) is 4.92. The molecule has 3 nitrogen and oxygen atoms in total. The summed E-state index contributed by atoms with van der Waals surface area (Å²) in [5.41, 5.74) is 6.22. The molecule has 1 aliphatic rings. The van der Waals surface area contributed by atoms with Crippen LogP contribution in [0.25, 0.3) is 10.8 Å². The van der Waals surface area contributed by atoms with Crippen molar-refractivity contribution in [3.63, 3.8) is 0 Å². The van der Waals surface area contributed by atoms with E-state index in [2.05, 4.69) is 33.7 Å². The zero-order valence-corrected chi connectivity index (χ0v) is 11.3. The van der Waals surface area contributed by atoms with Crippen LogP contribution in [-0.4, -0.2) is 12.1 Å². The average molecular weight is 271 g/mol. The minimum absolute atomic E-state index is 0.800. The van der Waals surface area contributed by atoms with Crippen LogP contribution in [-0.2, 0) is 0 Å². The molecule has 0 saturated heterocycles. The first-order valence-corrected chi connectivity index (χ1v) is 6.87. The van der Waals surface area contributed by atoms with Gasteiger partial charge in [-0.15, -0.1) is 0 Å². The molecule has 0 aliphatic carbocycles. The molecule has 0 spiro atoms. The van der Waals surface area contributed by atoms with E-state index in [1.807, 2.05) is 48.5 Å². The highest BCUT2D eigenvalue weighted by Crippen LogP contribution is 2.34. The summed E-state index contributed by atoms with van der Waals surface area (Å²) in [6.45, 7) is 0. The molecular weight excluding hydrogens is 258 g/mol. The first-order valence-electron chi connectivity index (χ1n) is 6.87. The monoisotopic (exact) mass is 271 g/mol. The summed E-state index contributed by atoms with van der Waals surface area (Å²) < 4.78 is 0.